The third-order valence-corrected chi connectivity index (χ3v) is 4.99. The first-order chi connectivity index (χ1) is 11.1. The number of allylic oxidation sites excluding steroid dienone is 1. The monoisotopic (exact) mass is 324 g/mol. The predicted octanol–water partition coefficient (Wildman–Crippen LogP) is 5.03. The van der Waals surface area contributed by atoms with Crippen LogP contribution in [0.1, 0.15) is 83.5 Å². The Bertz CT molecular complexity index is 376. The van der Waals surface area contributed by atoms with Crippen LogP contribution >= 0.6 is 0 Å². The van der Waals surface area contributed by atoms with Crippen LogP contribution in [0.2, 0.25) is 0 Å². The maximum atomic E-state index is 10.5. The SMILES string of the molecule is O=C(O)C=CCCCC[C@H]1CCC[C@@H]1CCCCCCC(=O)O. The fourth-order valence-corrected chi connectivity index (χ4v) is 3.76. The van der Waals surface area contributed by atoms with Gasteiger partial charge in [0.05, 0.1) is 0 Å². The van der Waals surface area contributed by atoms with Crippen molar-refractivity contribution in [2.24, 2.45) is 11.8 Å². The minimum absolute atomic E-state index is 0.308. The summed E-state index contributed by atoms with van der Waals surface area (Å²) < 4.78 is 0. The molecule has 132 valence electrons. The molecule has 1 fully saturated rings. The average Bonchev–Trinajstić information content (AvgIpc) is 2.93. The highest BCUT2D eigenvalue weighted by Gasteiger charge is 2.25. The van der Waals surface area contributed by atoms with E-state index < -0.39 is 11.9 Å². The maximum Gasteiger partial charge on any atom is 0.327 e. The van der Waals surface area contributed by atoms with Crippen LogP contribution < -0.4 is 0 Å². The third-order valence-electron chi connectivity index (χ3n) is 4.99. The van der Waals surface area contributed by atoms with E-state index in [1.54, 1.807) is 6.08 Å². The minimum atomic E-state index is -0.857. The molecule has 0 heterocycles. The van der Waals surface area contributed by atoms with Gasteiger partial charge in [-0.05, 0) is 31.1 Å². The molecule has 23 heavy (non-hydrogen) atoms. The van der Waals surface area contributed by atoms with Crippen molar-refractivity contribution in [1.29, 1.82) is 0 Å². The zero-order valence-corrected chi connectivity index (χ0v) is 14.2. The number of unbranched alkanes of at least 4 members (excludes halogenated alkanes) is 5. The second-order valence-corrected chi connectivity index (χ2v) is 6.82. The summed E-state index contributed by atoms with van der Waals surface area (Å²) >= 11 is 0. The molecule has 0 bridgehead atoms. The van der Waals surface area contributed by atoms with Crippen molar-refractivity contribution in [3.63, 3.8) is 0 Å². The van der Waals surface area contributed by atoms with Crippen molar-refractivity contribution in [3.8, 4) is 0 Å². The molecule has 0 unspecified atom stereocenters. The summed E-state index contributed by atoms with van der Waals surface area (Å²) in [5, 5.41) is 17.1. The van der Waals surface area contributed by atoms with Gasteiger partial charge in [0, 0.05) is 12.5 Å². The van der Waals surface area contributed by atoms with E-state index in [1.807, 2.05) is 0 Å². The van der Waals surface area contributed by atoms with Crippen molar-refractivity contribution >= 4 is 11.9 Å². The molecule has 2 N–H and O–H groups in total. The molecule has 4 heteroatoms. The van der Waals surface area contributed by atoms with Gasteiger partial charge >= 0.3 is 11.9 Å². The number of rotatable bonds is 13. The first-order valence-corrected chi connectivity index (χ1v) is 9.21. The second-order valence-electron chi connectivity index (χ2n) is 6.82. The first-order valence-electron chi connectivity index (χ1n) is 9.21. The molecule has 0 aromatic carbocycles. The Morgan fingerprint density at radius 2 is 1.48 bits per heavy atom. The molecule has 1 aliphatic carbocycles. The van der Waals surface area contributed by atoms with Gasteiger partial charge in [0.1, 0.15) is 0 Å². The van der Waals surface area contributed by atoms with Gasteiger partial charge in [0.2, 0.25) is 0 Å². The highest BCUT2D eigenvalue weighted by Crippen LogP contribution is 2.38. The summed E-state index contributed by atoms with van der Waals surface area (Å²) in [6.45, 7) is 0. The van der Waals surface area contributed by atoms with Crippen molar-refractivity contribution in [1.82, 2.24) is 0 Å². The summed E-state index contributed by atoms with van der Waals surface area (Å²) in [5.74, 6) is 0.185. The maximum absolute atomic E-state index is 10.5. The van der Waals surface area contributed by atoms with Crippen LogP contribution in [0.15, 0.2) is 12.2 Å². The van der Waals surface area contributed by atoms with E-state index >= 15 is 0 Å². The summed E-state index contributed by atoms with van der Waals surface area (Å²) in [5.41, 5.74) is 0. The summed E-state index contributed by atoms with van der Waals surface area (Å²) in [6, 6.07) is 0. The smallest absolute Gasteiger partial charge is 0.327 e. The Hall–Kier alpha value is -1.32. The van der Waals surface area contributed by atoms with Crippen LogP contribution in [0.3, 0.4) is 0 Å². The average molecular weight is 324 g/mol. The lowest BCUT2D eigenvalue weighted by Gasteiger charge is -2.19. The van der Waals surface area contributed by atoms with Crippen LogP contribution in [-0.2, 0) is 9.59 Å². The van der Waals surface area contributed by atoms with E-state index in [0.717, 1.165) is 43.9 Å². The standard InChI is InChI=1S/C19H32O4/c20-18(21)14-7-3-1-5-10-16-12-9-13-17(16)11-6-2-4-8-15-19(22)23/h7,14,16-17H,1-6,8-13,15H2,(H,20,21)(H,22,23)/t16-,17-/m0/s1. The predicted molar refractivity (Wildman–Crippen MR) is 91.4 cm³/mol. The number of hydrogen-bond acceptors (Lipinski definition) is 2. The van der Waals surface area contributed by atoms with Crippen LogP contribution in [-0.4, -0.2) is 22.2 Å². The van der Waals surface area contributed by atoms with Gasteiger partial charge in [0.15, 0.2) is 0 Å². The Morgan fingerprint density at radius 1 is 0.870 bits per heavy atom. The molecule has 0 radical (unpaired) electrons. The molecule has 0 amide bonds. The van der Waals surface area contributed by atoms with Gasteiger partial charge in [0.25, 0.3) is 0 Å². The molecule has 1 saturated carbocycles. The first kappa shape index (κ1) is 19.7. The molecule has 1 rings (SSSR count). The highest BCUT2D eigenvalue weighted by molar-refractivity contribution is 5.79. The Labute approximate surface area is 140 Å². The number of carbonyl (C=O) groups is 2. The van der Waals surface area contributed by atoms with E-state index in [-0.39, 0.29) is 0 Å². The van der Waals surface area contributed by atoms with Crippen LogP contribution in [0.25, 0.3) is 0 Å². The van der Waals surface area contributed by atoms with Crippen LogP contribution in [0, 0.1) is 11.8 Å². The van der Waals surface area contributed by atoms with Crippen molar-refractivity contribution in [3.05, 3.63) is 12.2 Å². The number of hydrogen-bond donors (Lipinski definition) is 2. The van der Waals surface area contributed by atoms with E-state index in [0.29, 0.717) is 6.42 Å². The molecule has 4 nitrogen and oxygen atoms in total. The molecule has 0 aromatic rings. The quantitative estimate of drug-likeness (QED) is 0.368. The summed E-state index contributed by atoms with van der Waals surface area (Å²) in [6.07, 6.45) is 17.4. The summed E-state index contributed by atoms with van der Waals surface area (Å²) in [7, 11) is 0. The largest absolute Gasteiger partial charge is 0.481 e. The van der Waals surface area contributed by atoms with Crippen molar-refractivity contribution < 1.29 is 19.8 Å². The number of aliphatic carboxylic acids is 2. The zero-order valence-electron chi connectivity index (χ0n) is 14.2. The number of carboxylic acids is 2. The lowest BCUT2D eigenvalue weighted by atomic mass is 9.87. The topological polar surface area (TPSA) is 74.6 Å². The van der Waals surface area contributed by atoms with Crippen molar-refractivity contribution in [2.75, 3.05) is 0 Å². The van der Waals surface area contributed by atoms with Gasteiger partial charge in [-0.15, -0.1) is 0 Å². The Morgan fingerprint density at radius 3 is 2.09 bits per heavy atom. The van der Waals surface area contributed by atoms with Gasteiger partial charge in [-0.25, -0.2) is 4.79 Å². The lowest BCUT2D eigenvalue weighted by molar-refractivity contribution is -0.137. The Kier molecular flexibility index (Phi) is 10.4. The van der Waals surface area contributed by atoms with E-state index in [9.17, 15) is 9.59 Å². The second kappa shape index (κ2) is 12.1. The summed E-state index contributed by atoms with van der Waals surface area (Å²) in [4.78, 5) is 20.8. The van der Waals surface area contributed by atoms with Gasteiger partial charge in [-0.1, -0.05) is 63.9 Å². The van der Waals surface area contributed by atoms with Crippen LogP contribution in [0.5, 0.6) is 0 Å². The Balaban J connectivity index is 2.04. The van der Waals surface area contributed by atoms with Crippen LogP contribution in [0.4, 0.5) is 0 Å². The fourth-order valence-electron chi connectivity index (χ4n) is 3.76. The van der Waals surface area contributed by atoms with Crippen molar-refractivity contribution in [2.45, 2.75) is 83.5 Å². The zero-order chi connectivity index (χ0) is 16.9. The van der Waals surface area contributed by atoms with Gasteiger partial charge in [-0.3, -0.25) is 4.79 Å². The lowest BCUT2D eigenvalue weighted by Crippen LogP contribution is -2.08. The van der Waals surface area contributed by atoms with E-state index in [4.69, 9.17) is 10.2 Å². The normalized spacial score (nSPS) is 21.0. The molecule has 0 spiro atoms. The molecular weight excluding hydrogens is 292 g/mol. The fraction of sp³-hybridized carbons (Fsp3) is 0.789. The molecule has 0 aliphatic heterocycles. The minimum Gasteiger partial charge on any atom is -0.481 e. The van der Waals surface area contributed by atoms with E-state index in [1.165, 1.54) is 51.0 Å². The molecule has 0 saturated heterocycles. The number of carboxylic acid groups (broad SMARTS) is 2. The van der Waals surface area contributed by atoms with E-state index in [2.05, 4.69) is 0 Å². The van der Waals surface area contributed by atoms with Gasteiger partial charge < -0.3 is 10.2 Å². The molecule has 1 aliphatic rings. The molecule has 2 atom stereocenters. The third kappa shape index (κ3) is 10.1. The molecule has 0 aromatic heterocycles. The highest BCUT2D eigenvalue weighted by atomic mass is 16.4. The molecular formula is C19H32O4. The van der Waals surface area contributed by atoms with Gasteiger partial charge in [-0.2, -0.15) is 0 Å².